The van der Waals surface area contributed by atoms with Crippen LogP contribution in [0.5, 0.6) is 0 Å². The molecule has 0 fully saturated rings. The smallest absolute Gasteiger partial charge is 0.154 e. The Morgan fingerprint density at radius 3 is 2.57 bits per heavy atom. The third kappa shape index (κ3) is 5.62. The standard InChI is InChI=1S/C16H16Cl2N2S/c17-14-7-6-13(15(18)10-14)11-21-16(19)20-9-8-12-4-2-1-3-5-12/h1-7,10H,8-9,11H2,(H2,19,20). The van der Waals surface area contributed by atoms with Gasteiger partial charge in [-0.05, 0) is 29.7 Å². The Morgan fingerprint density at radius 1 is 1.10 bits per heavy atom. The Hall–Kier alpha value is -1.16. The Balaban J connectivity index is 1.81. The van der Waals surface area contributed by atoms with Gasteiger partial charge in [-0.15, -0.1) is 0 Å². The molecule has 0 radical (unpaired) electrons. The minimum Gasteiger partial charge on any atom is -0.379 e. The largest absolute Gasteiger partial charge is 0.379 e. The lowest BCUT2D eigenvalue weighted by Crippen LogP contribution is -2.08. The maximum absolute atomic E-state index is 6.12. The number of aliphatic imine (C=N–C) groups is 1. The van der Waals surface area contributed by atoms with E-state index >= 15 is 0 Å². The summed E-state index contributed by atoms with van der Waals surface area (Å²) in [6, 6.07) is 15.7. The number of benzene rings is 2. The fourth-order valence-electron chi connectivity index (χ4n) is 1.78. The second kappa shape index (κ2) is 8.32. The summed E-state index contributed by atoms with van der Waals surface area (Å²) in [6.45, 7) is 0.692. The molecule has 0 aromatic heterocycles. The first kappa shape index (κ1) is 16.2. The summed E-state index contributed by atoms with van der Waals surface area (Å²) in [7, 11) is 0. The Kier molecular flexibility index (Phi) is 6.43. The molecule has 2 N–H and O–H groups in total. The molecule has 0 aliphatic carbocycles. The monoisotopic (exact) mass is 338 g/mol. The van der Waals surface area contributed by atoms with Gasteiger partial charge in [0.1, 0.15) is 0 Å². The molecule has 0 bridgehead atoms. The normalized spacial score (nSPS) is 11.6. The summed E-state index contributed by atoms with van der Waals surface area (Å²) in [6.07, 6.45) is 0.893. The number of nitrogens with two attached hydrogens (primary N) is 1. The molecule has 0 atom stereocenters. The summed E-state index contributed by atoms with van der Waals surface area (Å²) >= 11 is 13.5. The highest BCUT2D eigenvalue weighted by Crippen LogP contribution is 2.24. The number of halogens is 2. The van der Waals surface area contributed by atoms with E-state index in [-0.39, 0.29) is 0 Å². The van der Waals surface area contributed by atoms with Gasteiger partial charge in [0.2, 0.25) is 0 Å². The zero-order valence-corrected chi connectivity index (χ0v) is 13.8. The maximum atomic E-state index is 6.12. The van der Waals surface area contributed by atoms with E-state index in [1.54, 1.807) is 6.07 Å². The van der Waals surface area contributed by atoms with Crippen LogP contribution in [0.15, 0.2) is 53.5 Å². The molecular weight excluding hydrogens is 323 g/mol. The van der Waals surface area contributed by atoms with Gasteiger partial charge in [0.25, 0.3) is 0 Å². The van der Waals surface area contributed by atoms with E-state index < -0.39 is 0 Å². The molecule has 2 nitrogen and oxygen atoms in total. The molecule has 5 heteroatoms. The lowest BCUT2D eigenvalue weighted by atomic mass is 10.2. The minimum absolute atomic E-state index is 0.581. The van der Waals surface area contributed by atoms with Crippen molar-refractivity contribution in [2.24, 2.45) is 10.7 Å². The highest BCUT2D eigenvalue weighted by atomic mass is 35.5. The van der Waals surface area contributed by atoms with Gasteiger partial charge in [0.05, 0.1) is 0 Å². The number of nitrogens with zero attached hydrogens (tertiary/aromatic N) is 1. The lowest BCUT2D eigenvalue weighted by molar-refractivity contribution is 0.970. The summed E-state index contributed by atoms with van der Waals surface area (Å²) in [5.74, 6) is 0.691. The Bertz CT molecular complexity index is 615. The zero-order valence-electron chi connectivity index (χ0n) is 11.4. The highest BCUT2D eigenvalue weighted by Gasteiger charge is 2.03. The average Bonchev–Trinajstić information content (AvgIpc) is 2.47. The van der Waals surface area contributed by atoms with Crippen LogP contribution in [0.4, 0.5) is 0 Å². The summed E-state index contributed by atoms with van der Waals surface area (Å²) in [5.41, 5.74) is 8.18. The molecular formula is C16H16Cl2N2S. The van der Waals surface area contributed by atoms with Crippen LogP contribution >= 0.6 is 35.0 Å². The summed E-state index contributed by atoms with van der Waals surface area (Å²) in [5, 5.41) is 1.88. The van der Waals surface area contributed by atoms with Gasteiger partial charge in [-0.3, -0.25) is 4.99 Å². The molecule has 0 saturated heterocycles. The van der Waals surface area contributed by atoms with E-state index in [9.17, 15) is 0 Å². The third-order valence-corrected chi connectivity index (χ3v) is 4.37. The van der Waals surface area contributed by atoms with E-state index in [4.69, 9.17) is 28.9 Å². The van der Waals surface area contributed by atoms with Gasteiger partial charge in [0, 0.05) is 22.3 Å². The average molecular weight is 339 g/mol. The van der Waals surface area contributed by atoms with Crippen molar-refractivity contribution in [2.45, 2.75) is 12.2 Å². The van der Waals surface area contributed by atoms with Crippen molar-refractivity contribution >= 4 is 40.1 Å². The molecule has 0 aliphatic rings. The zero-order chi connectivity index (χ0) is 15.1. The van der Waals surface area contributed by atoms with Crippen molar-refractivity contribution in [3.63, 3.8) is 0 Å². The highest BCUT2D eigenvalue weighted by molar-refractivity contribution is 8.13. The Labute approximate surface area is 139 Å². The van der Waals surface area contributed by atoms with Crippen LogP contribution in [0.25, 0.3) is 0 Å². The summed E-state index contributed by atoms with van der Waals surface area (Å²) < 4.78 is 0. The fraction of sp³-hybridized carbons (Fsp3) is 0.188. The Morgan fingerprint density at radius 2 is 1.86 bits per heavy atom. The van der Waals surface area contributed by atoms with Crippen LogP contribution in [-0.2, 0) is 12.2 Å². The van der Waals surface area contributed by atoms with Crippen molar-refractivity contribution in [3.8, 4) is 0 Å². The second-order valence-electron chi connectivity index (χ2n) is 4.48. The van der Waals surface area contributed by atoms with Crippen molar-refractivity contribution in [2.75, 3.05) is 6.54 Å². The third-order valence-electron chi connectivity index (χ3n) is 2.90. The quantitative estimate of drug-likeness (QED) is 0.629. The van der Waals surface area contributed by atoms with Gasteiger partial charge in [0.15, 0.2) is 5.17 Å². The lowest BCUT2D eigenvalue weighted by Gasteiger charge is -2.04. The van der Waals surface area contributed by atoms with Crippen LogP contribution < -0.4 is 5.73 Å². The molecule has 0 unspecified atom stereocenters. The SMILES string of the molecule is NC(=NCCc1ccccc1)SCc1ccc(Cl)cc1Cl. The molecule has 0 spiro atoms. The van der Waals surface area contributed by atoms with Gasteiger partial charge in [-0.1, -0.05) is 71.4 Å². The van der Waals surface area contributed by atoms with Crippen molar-refractivity contribution in [3.05, 3.63) is 69.7 Å². The first-order valence-electron chi connectivity index (χ1n) is 6.56. The molecule has 0 aliphatic heterocycles. The number of rotatable bonds is 5. The van der Waals surface area contributed by atoms with Gasteiger partial charge >= 0.3 is 0 Å². The molecule has 2 rings (SSSR count). The summed E-state index contributed by atoms with van der Waals surface area (Å²) in [4.78, 5) is 4.37. The van der Waals surface area contributed by atoms with Crippen molar-refractivity contribution in [1.82, 2.24) is 0 Å². The van der Waals surface area contributed by atoms with Crippen LogP contribution in [0, 0.1) is 0 Å². The van der Waals surface area contributed by atoms with Crippen LogP contribution in [-0.4, -0.2) is 11.7 Å². The van der Waals surface area contributed by atoms with Gasteiger partial charge in [-0.25, -0.2) is 0 Å². The van der Waals surface area contributed by atoms with Crippen LogP contribution in [0.3, 0.4) is 0 Å². The van der Waals surface area contributed by atoms with E-state index in [0.29, 0.717) is 27.5 Å². The molecule has 21 heavy (non-hydrogen) atoms. The fourth-order valence-corrected chi connectivity index (χ4v) is 3.07. The number of amidine groups is 1. The molecule has 2 aromatic carbocycles. The predicted octanol–water partition coefficient (Wildman–Crippen LogP) is 4.78. The van der Waals surface area contributed by atoms with Gasteiger partial charge in [-0.2, -0.15) is 0 Å². The number of thioether (sulfide) groups is 1. The molecule has 2 aromatic rings. The molecule has 0 amide bonds. The molecule has 0 saturated carbocycles. The maximum Gasteiger partial charge on any atom is 0.154 e. The second-order valence-corrected chi connectivity index (χ2v) is 6.32. The minimum atomic E-state index is 0.581. The van der Waals surface area contributed by atoms with E-state index in [2.05, 4.69) is 17.1 Å². The first-order chi connectivity index (χ1) is 10.1. The predicted molar refractivity (Wildman–Crippen MR) is 94.4 cm³/mol. The van der Waals surface area contributed by atoms with Crippen LogP contribution in [0.1, 0.15) is 11.1 Å². The van der Waals surface area contributed by atoms with Crippen molar-refractivity contribution in [1.29, 1.82) is 0 Å². The van der Waals surface area contributed by atoms with E-state index in [0.717, 1.165) is 12.0 Å². The topological polar surface area (TPSA) is 38.4 Å². The van der Waals surface area contributed by atoms with Crippen molar-refractivity contribution < 1.29 is 0 Å². The molecule has 110 valence electrons. The van der Waals surface area contributed by atoms with Gasteiger partial charge < -0.3 is 5.73 Å². The number of hydrogen-bond donors (Lipinski definition) is 1. The number of hydrogen-bond acceptors (Lipinski definition) is 2. The van der Waals surface area contributed by atoms with Crippen LogP contribution in [0.2, 0.25) is 10.0 Å². The molecule has 0 heterocycles. The first-order valence-corrected chi connectivity index (χ1v) is 8.30. The van der Waals surface area contributed by atoms with E-state index in [1.165, 1.54) is 17.3 Å². The van der Waals surface area contributed by atoms with E-state index in [1.807, 2.05) is 30.3 Å².